The van der Waals surface area contributed by atoms with Gasteiger partial charge in [-0.1, -0.05) is 47.4 Å². The van der Waals surface area contributed by atoms with Crippen LogP contribution in [0.25, 0.3) is 0 Å². The zero-order valence-electron chi connectivity index (χ0n) is 15.2. The number of hydrogen-bond donors (Lipinski definition) is 2. The molecule has 0 aliphatic carbocycles. The first-order valence-corrected chi connectivity index (χ1v) is 8.14. The Balaban J connectivity index is 0. The third-order valence-corrected chi connectivity index (χ3v) is 2.50. The van der Waals surface area contributed by atoms with Gasteiger partial charge in [0.05, 0.1) is 17.9 Å². The summed E-state index contributed by atoms with van der Waals surface area (Å²) >= 11 is 3.98. The number of ether oxygens (including phenoxy) is 2. The Morgan fingerprint density at radius 1 is 1.22 bits per heavy atom. The Morgan fingerprint density at radius 3 is 2.09 bits per heavy atom. The predicted molar refractivity (Wildman–Crippen MR) is 96.2 cm³/mol. The van der Waals surface area contributed by atoms with Crippen molar-refractivity contribution in [3.63, 3.8) is 0 Å². The van der Waals surface area contributed by atoms with E-state index in [1.165, 1.54) is 14.2 Å². The summed E-state index contributed by atoms with van der Waals surface area (Å²) in [5.41, 5.74) is 0.641. The van der Waals surface area contributed by atoms with E-state index in [2.05, 4.69) is 48.3 Å². The first-order chi connectivity index (χ1) is 11.0. The summed E-state index contributed by atoms with van der Waals surface area (Å²) in [6, 6.07) is -0.327. The lowest BCUT2D eigenvalue weighted by molar-refractivity contribution is -0.157. The van der Waals surface area contributed by atoms with Gasteiger partial charge in [0.15, 0.2) is 5.78 Å². The largest absolute Gasteiger partial charge is 0.349 e. The van der Waals surface area contributed by atoms with Crippen LogP contribution in [0.15, 0.2) is 18.6 Å². The zero-order chi connectivity index (χ0) is 18.3. The molecule has 1 atom stereocenters. The Kier molecular flexibility index (Phi) is 16.7. The molecule has 23 heavy (non-hydrogen) atoms. The number of rotatable bonds is 7. The van der Waals surface area contributed by atoms with E-state index < -0.39 is 6.29 Å². The van der Waals surface area contributed by atoms with E-state index in [4.69, 9.17) is 9.47 Å². The van der Waals surface area contributed by atoms with Crippen LogP contribution in [0.4, 0.5) is 0 Å². The number of Topliss-reactive ketones (excluding diaryl/α,β-unsaturated/α-hetero) is 1. The van der Waals surface area contributed by atoms with Crippen molar-refractivity contribution in [3.05, 3.63) is 24.3 Å². The van der Waals surface area contributed by atoms with Crippen LogP contribution in [0.1, 0.15) is 52.8 Å². The lowest BCUT2D eigenvalue weighted by atomic mass is 10.1. The highest BCUT2D eigenvalue weighted by molar-refractivity contribution is 7.78. The van der Waals surface area contributed by atoms with Gasteiger partial charge >= 0.3 is 0 Å². The molecule has 1 aromatic heterocycles. The normalized spacial score (nSPS) is 11.2. The van der Waals surface area contributed by atoms with Gasteiger partial charge in [-0.05, 0) is 5.92 Å². The van der Waals surface area contributed by atoms with Gasteiger partial charge in [0.2, 0.25) is 6.29 Å². The van der Waals surface area contributed by atoms with Crippen LogP contribution in [0, 0.1) is 5.92 Å². The van der Waals surface area contributed by atoms with Crippen molar-refractivity contribution in [3.8, 4) is 0 Å². The van der Waals surface area contributed by atoms with Gasteiger partial charge in [-0.3, -0.25) is 19.5 Å². The Morgan fingerprint density at radius 2 is 1.74 bits per heavy atom. The lowest BCUT2D eigenvalue weighted by Gasteiger charge is -2.17. The number of nitrogens with one attached hydrogen (secondary N) is 1. The maximum absolute atomic E-state index is 11.8. The van der Waals surface area contributed by atoms with Gasteiger partial charge in [-0.2, -0.15) is 0 Å². The molecule has 0 spiro atoms. The van der Waals surface area contributed by atoms with E-state index in [1.54, 1.807) is 18.6 Å². The van der Waals surface area contributed by atoms with Crippen LogP contribution in [-0.2, 0) is 14.3 Å². The maximum atomic E-state index is 11.8. The van der Waals surface area contributed by atoms with Crippen LogP contribution in [0.3, 0.4) is 0 Å². The average Bonchev–Trinajstić information content (AvgIpc) is 2.56. The van der Waals surface area contributed by atoms with Gasteiger partial charge in [-0.15, -0.1) is 0 Å². The van der Waals surface area contributed by atoms with Crippen molar-refractivity contribution in [1.29, 1.82) is 0 Å². The molecule has 6 nitrogen and oxygen atoms in total. The van der Waals surface area contributed by atoms with Gasteiger partial charge in [0.25, 0.3) is 0 Å². The van der Waals surface area contributed by atoms with E-state index in [1.807, 2.05) is 13.8 Å². The Labute approximate surface area is 145 Å². The fraction of sp³-hybridized carbons (Fsp3) is 0.688. The number of thiol groups is 1. The number of hydrogen-bond acceptors (Lipinski definition) is 7. The molecule has 0 saturated carbocycles. The summed E-state index contributed by atoms with van der Waals surface area (Å²) in [5.74, 6) is 0.646. The molecule has 0 aliphatic rings. The van der Waals surface area contributed by atoms with E-state index in [-0.39, 0.29) is 18.2 Å². The predicted octanol–water partition coefficient (Wildman–Crippen LogP) is 3.22. The summed E-state index contributed by atoms with van der Waals surface area (Å²) in [6.45, 7) is 10.5. The second-order valence-electron chi connectivity index (χ2n) is 5.02. The van der Waals surface area contributed by atoms with Crippen molar-refractivity contribution in [1.82, 2.24) is 14.7 Å². The molecule has 1 unspecified atom stereocenters. The van der Waals surface area contributed by atoms with Gasteiger partial charge in [0.1, 0.15) is 0 Å². The van der Waals surface area contributed by atoms with Crippen LogP contribution < -0.4 is 4.72 Å². The molecule has 1 aromatic rings. The van der Waals surface area contributed by atoms with Crippen molar-refractivity contribution in [2.24, 2.45) is 5.92 Å². The molecular weight excluding hydrogens is 314 g/mol. The molecule has 1 rings (SSSR count). The molecular formula is C16H31N3O3S. The lowest BCUT2D eigenvalue weighted by Crippen LogP contribution is -2.29. The third kappa shape index (κ3) is 12.1. The second-order valence-corrected chi connectivity index (χ2v) is 5.28. The second kappa shape index (κ2) is 15.9. The fourth-order valence-electron chi connectivity index (χ4n) is 1.36. The average molecular weight is 346 g/mol. The van der Waals surface area contributed by atoms with Crippen molar-refractivity contribution in [2.75, 3.05) is 14.2 Å². The standard InChI is InChI=1S/C10H15N3O3S.C4H10.C2H6/c1-15-10(16-2)9(14)5-7(13-17)8-6-11-3-4-12-8;1-4(2)3;1-2/h3-4,6-7,10,13,17H,5H2,1-2H3;4H,1-3H3;1-2H3. The van der Waals surface area contributed by atoms with Crippen LogP contribution in [0.5, 0.6) is 0 Å². The maximum Gasteiger partial charge on any atom is 0.217 e. The van der Waals surface area contributed by atoms with Crippen molar-refractivity contribution in [2.45, 2.75) is 53.4 Å². The van der Waals surface area contributed by atoms with Gasteiger partial charge in [-0.25, -0.2) is 0 Å². The Hall–Kier alpha value is -1.02. The number of ketones is 1. The number of carbonyl (C=O) groups excluding carboxylic acids is 1. The molecule has 0 radical (unpaired) electrons. The zero-order valence-corrected chi connectivity index (χ0v) is 16.1. The topological polar surface area (TPSA) is 73.3 Å². The van der Waals surface area contributed by atoms with Gasteiger partial charge < -0.3 is 9.47 Å². The molecule has 0 aliphatic heterocycles. The number of nitrogens with zero attached hydrogens (tertiary/aromatic N) is 2. The van der Waals surface area contributed by atoms with Crippen molar-refractivity contribution < 1.29 is 14.3 Å². The quantitative estimate of drug-likeness (QED) is 0.584. The molecule has 7 heteroatoms. The van der Waals surface area contributed by atoms with E-state index in [9.17, 15) is 4.79 Å². The highest BCUT2D eigenvalue weighted by Crippen LogP contribution is 2.16. The number of aromatic nitrogens is 2. The minimum absolute atomic E-state index is 0.161. The molecule has 0 saturated heterocycles. The summed E-state index contributed by atoms with van der Waals surface area (Å²) in [4.78, 5) is 19.8. The first kappa shape index (κ1) is 24.2. The molecule has 0 bridgehead atoms. The minimum Gasteiger partial charge on any atom is -0.349 e. The Bertz CT molecular complexity index is 385. The van der Waals surface area contributed by atoms with Crippen LogP contribution >= 0.6 is 12.8 Å². The summed E-state index contributed by atoms with van der Waals surface area (Å²) in [7, 11) is 2.83. The first-order valence-electron chi connectivity index (χ1n) is 7.70. The van der Waals surface area contributed by atoms with Crippen molar-refractivity contribution >= 4 is 18.6 Å². The number of carbonyl (C=O) groups is 1. The summed E-state index contributed by atoms with van der Waals surface area (Å²) in [5, 5.41) is 0. The summed E-state index contributed by atoms with van der Waals surface area (Å²) < 4.78 is 12.5. The SMILES string of the molecule is CC.CC(C)C.COC(OC)C(=O)CC(NS)c1cnccn1. The van der Waals surface area contributed by atoms with Crippen LogP contribution in [0.2, 0.25) is 0 Å². The highest BCUT2D eigenvalue weighted by Gasteiger charge is 2.22. The molecule has 134 valence electrons. The van der Waals surface area contributed by atoms with Gasteiger partial charge in [0, 0.05) is 33.0 Å². The molecule has 1 N–H and O–H groups in total. The molecule has 0 aromatic carbocycles. The van der Waals surface area contributed by atoms with E-state index in [0.29, 0.717) is 5.69 Å². The highest BCUT2D eigenvalue weighted by atomic mass is 32.1. The fourth-order valence-corrected chi connectivity index (χ4v) is 1.59. The minimum atomic E-state index is -0.865. The third-order valence-electron chi connectivity index (χ3n) is 2.19. The molecule has 0 amide bonds. The van der Waals surface area contributed by atoms with E-state index >= 15 is 0 Å². The molecule has 1 heterocycles. The number of methoxy groups -OCH3 is 2. The smallest absolute Gasteiger partial charge is 0.217 e. The summed E-state index contributed by atoms with van der Waals surface area (Å²) in [6.07, 6.45) is 4.00. The molecule has 0 fully saturated rings. The van der Waals surface area contributed by atoms with Crippen LogP contribution in [-0.4, -0.2) is 36.3 Å². The monoisotopic (exact) mass is 345 g/mol. The van der Waals surface area contributed by atoms with E-state index in [0.717, 1.165) is 5.92 Å².